The first kappa shape index (κ1) is 33.6. The van der Waals surface area contributed by atoms with Crippen LogP contribution in [0.5, 0.6) is 17.2 Å². The molecular weight excluding hydrogens is 480 g/mol. The highest BCUT2D eigenvalue weighted by molar-refractivity contribution is 6.30. The number of halogens is 1. The molecule has 0 aliphatic heterocycles. The quantitative estimate of drug-likeness (QED) is 0.438. The van der Waals surface area contributed by atoms with E-state index >= 15 is 0 Å². The summed E-state index contributed by atoms with van der Waals surface area (Å²) in [6.45, 7) is 9.48. The van der Waals surface area contributed by atoms with Gasteiger partial charge in [-0.1, -0.05) is 11.6 Å². The highest BCUT2D eigenvalue weighted by Gasteiger charge is 2.23. The lowest BCUT2D eigenvalue weighted by Gasteiger charge is -2.16. The Morgan fingerprint density at radius 2 is 1.03 bits per heavy atom. The molecule has 0 bridgehead atoms. The normalized spacial score (nSPS) is 9.29. The maximum Gasteiger partial charge on any atom is 0.316 e. The van der Waals surface area contributed by atoms with Gasteiger partial charge in [0.1, 0.15) is 17.2 Å². The van der Waals surface area contributed by atoms with Crippen molar-refractivity contribution in [3.63, 3.8) is 0 Å². The summed E-state index contributed by atoms with van der Waals surface area (Å²) in [5.41, 5.74) is -0.486. The summed E-state index contributed by atoms with van der Waals surface area (Å²) >= 11 is 5.70. The van der Waals surface area contributed by atoms with E-state index in [1.54, 1.807) is 24.3 Å². The molecule has 0 unspecified atom stereocenters. The van der Waals surface area contributed by atoms with Gasteiger partial charge in [0.25, 0.3) is 0 Å². The summed E-state index contributed by atoms with van der Waals surface area (Å²) in [4.78, 5) is 41.1. The number of ether oxygens (including phenoxy) is 4. The van der Waals surface area contributed by atoms with Crippen molar-refractivity contribution >= 4 is 35.5 Å². The van der Waals surface area contributed by atoms with Gasteiger partial charge in [-0.3, -0.25) is 19.2 Å². The SMILES string of the molecule is CC(=O)Oc1ccc(O)cc1.CC(C)(C)C(=O)Oc1ccc(Cl)cc1.COC(C)=O.COC(C)=O. The lowest BCUT2D eigenvalue weighted by molar-refractivity contribution is -0.143. The van der Waals surface area contributed by atoms with E-state index in [1.807, 2.05) is 20.8 Å². The van der Waals surface area contributed by atoms with Gasteiger partial charge in [-0.25, -0.2) is 0 Å². The number of aromatic hydroxyl groups is 1. The minimum atomic E-state index is -0.486. The molecule has 2 rings (SSSR count). The van der Waals surface area contributed by atoms with Crippen molar-refractivity contribution in [1.82, 2.24) is 0 Å². The zero-order chi connectivity index (χ0) is 27.6. The van der Waals surface area contributed by atoms with Crippen molar-refractivity contribution in [2.24, 2.45) is 5.41 Å². The van der Waals surface area contributed by atoms with Crippen LogP contribution in [0.25, 0.3) is 0 Å². The molecule has 2 aromatic rings. The highest BCUT2D eigenvalue weighted by Crippen LogP contribution is 2.20. The molecule has 1 N–H and O–H groups in total. The third-order valence-corrected chi connectivity index (χ3v) is 3.56. The first-order valence-corrected chi connectivity index (χ1v) is 10.5. The number of methoxy groups -OCH3 is 2. The Kier molecular flexibility index (Phi) is 17.1. The van der Waals surface area contributed by atoms with Crippen LogP contribution in [0.3, 0.4) is 0 Å². The second-order valence-electron chi connectivity index (χ2n) is 7.57. The van der Waals surface area contributed by atoms with Crippen LogP contribution >= 0.6 is 11.6 Å². The number of rotatable bonds is 2. The summed E-state index contributed by atoms with van der Waals surface area (Å²) in [6, 6.07) is 12.7. The first-order chi connectivity index (χ1) is 16.1. The van der Waals surface area contributed by atoms with Crippen LogP contribution < -0.4 is 9.47 Å². The maximum absolute atomic E-state index is 11.5. The zero-order valence-electron chi connectivity index (χ0n) is 21.2. The Labute approximate surface area is 210 Å². The number of phenolic OH excluding ortho intramolecular Hbond substituents is 1. The van der Waals surface area contributed by atoms with Crippen molar-refractivity contribution < 1.29 is 43.2 Å². The second-order valence-corrected chi connectivity index (χ2v) is 8.01. The van der Waals surface area contributed by atoms with E-state index < -0.39 is 5.41 Å². The Balaban J connectivity index is 0. The number of hydrogen-bond donors (Lipinski definition) is 1. The van der Waals surface area contributed by atoms with Crippen LogP contribution in [0.2, 0.25) is 5.02 Å². The lowest BCUT2D eigenvalue weighted by Crippen LogP contribution is -2.25. The number of hydrogen-bond acceptors (Lipinski definition) is 9. The molecule has 0 radical (unpaired) electrons. The van der Waals surface area contributed by atoms with Crippen molar-refractivity contribution in [1.29, 1.82) is 0 Å². The van der Waals surface area contributed by atoms with Gasteiger partial charge in [0, 0.05) is 25.8 Å². The number of phenols is 1. The zero-order valence-corrected chi connectivity index (χ0v) is 22.0. The van der Waals surface area contributed by atoms with E-state index in [1.165, 1.54) is 59.3 Å². The first-order valence-electron chi connectivity index (χ1n) is 10.2. The number of carbonyl (C=O) groups is 4. The van der Waals surface area contributed by atoms with E-state index in [2.05, 4.69) is 9.47 Å². The fourth-order valence-electron chi connectivity index (χ4n) is 1.44. The van der Waals surface area contributed by atoms with Crippen molar-refractivity contribution in [3.05, 3.63) is 53.6 Å². The Hall–Kier alpha value is -3.59. The van der Waals surface area contributed by atoms with Crippen LogP contribution in [0.15, 0.2) is 48.5 Å². The molecule has 194 valence electrons. The summed E-state index contributed by atoms with van der Waals surface area (Å²) in [6.07, 6.45) is 0. The molecule has 0 saturated heterocycles. The average Bonchev–Trinajstić information content (AvgIpc) is 2.77. The van der Waals surface area contributed by atoms with Crippen molar-refractivity contribution in [2.45, 2.75) is 41.5 Å². The molecule has 0 aromatic heterocycles. The molecule has 35 heavy (non-hydrogen) atoms. The van der Waals surface area contributed by atoms with E-state index in [4.69, 9.17) is 26.2 Å². The minimum Gasteiger partial charge on any atom is -0.508 e. The van der Waals surface area contributed by atoms with Crippen molar-refractivity contribution in [2.75, 3.05) is 14.2 Å². The predicted octanol–water partition coefficient (Wildman–Crippen LogP) is 4.97. The van der Waals surface area contributed by atoms with Gasteiger partial charge in [-0.15, -0.1) is 0 Å². The van der Waals surface area contributed by atoms with Crippen LogP contribution in [-0.2, 0) is 28.7 Å². The summed E-state index contributed by atoms with van der Waals surface area (Å²) < 4.78 is 18.1. The van der Waals surface area contributed by atoms with E-state index in [0.29, 0.717) is 16.5 Å². The second kappa shape index (κ2) is 17.8. The fourth-order valence-corrected chi connectivity index (χ4v) is 1.57. The molecule has 2 aromatic carbocycles. The van der Waals surface area contributed by atoms with E-state index in [-0.39, 0.29) is 29.6 Å². The van der Waals surface area contributed by atoms with E-state index in [0.717, 1.165) is 0 Å². The molecule has 10 heteroatoms. The van der Waals surface area contributed by atoms with E-state index in [9.17, 15) is 19.2 Å². The Morgan fingerprint density at radius 3 is 1.34 bits per heavy atom. The molecular formula is C25H33ClO9. The fraction of sp³-hybridized carbons (Fsp3) is 0.360. The maximum atomic E-state index is 11.5. The molecule has 0 spiro atoms. The van der Waals surface area contributed by atoms with Gasteiger partial charge in [0.05, 0.1) is 19.6 Å². The van der Waals surface area contributed by atoms with Gasteiger partial charge < -0.3 is 24.1 Å². The van der Waals surface area contributed by atoms with Crippen LogP contribution in [0.1, 0.15) is 41.5 Å². The minimum absolute atomic E-state index is 0.154. The van der Waals surface area contributed by atoms with Crippen LogP contribution in [0, 0.1) is 5.41 Å². The van der Waals surface area contributed by atoms with Gasteiger partial charge in [-0.2, -0.15) is 0 Å². The predicted molar refractivity (Wildman–Crippen MR) is 131 cm³/mol. The Morgan fingerprint density at radius 1 is 0.686 bits per heavy atom. The van der Waals surface area contributed by atoms with Gasteiger partial charge in [0.2, 0.25) is 0 Å². The average molecular weight is 513 g/mol. The summed E-state index contributed by atoms with van der Waals surface area (Å²) in [7, 11) is 2.70. The van der Waals surface area contributed by atoms with Gasteiger partial charge in [-0.05, 0) is 69.3 Å². The summed E-state index contributed by atoms with van der Waals surface area (Å²) in [5, 5.41) is 9.48. The molecule has 0 amide bonds. The third-order valence-electron chi connectivity index (χ3n) is 3.31. The molecule has 0 saturated carbocycles. The summed E-state index contributed by atoms with van der Waals surface area (Å²) in [5.74, 6) is 0.0102. The van der Waals surface area contributed by atoms with Gasteiger partial charge in [0.15, 0.2) is 0 Å². The molecule has 9 nitrogen and oxygen atoms in total. The third kappa shape index (κ3) is 20.7. The molecule has 0 aliphatic rings. The number of benzene rings is 2. The van der Waals surface area contributed by atoms with Crippen molar-refractivity contribution in [3.8, 4) is 17.2 Å². The largest absolute Gasteiger partial charge is 0.508 e. The monoisotopic (exact) mass is 512 g/mol. The molecule has 0 aliphatic carbocycles. The number of esters is 4. The lowest BCUT2D eigenvalue weighted by atomic mass is 9.97. The number of carbonyl (C=O) groups excluding carboxylic acids is 4. The van der Waals surface area contributed by atoms with Crippen LogP contribution in [-0.4, -0.2) is 43.2 Å². The Bertz CT molecular complexity index is 901. The molecule has 0 atom stereocenters. The standard InChI is InChI=1S/C11H13ClO2.C8H8O3.2C3H6O2/c1-11(2,3)10(13)14-9-6-4-8(12)5-7-9;1-6(9)11-8-4-2-7(10)3-5-8;2*1-3(4)5-2/h4-7H,1-3H3;2-5,10H,1H3;2*1-2H3. The smallest absolute Gasteiger partial charge is 0.316 e. The van der Waals surface area contributed by atoms with Crippen LogP contribution in [0.4, 0.5) is 0 Å². The molecule has 0 fully saturated rings. The molecule has 0 heterocycles. The topological polar surface area (TPSA) is 125 Å². The van der Waals surface area contributed by atoms with Gasteiger partial charge >= 0.3 is 23.9 Å². The highest BCUT2D eigenvalue weighted by atomic mass is 35.5.